The van der Waals surface area contributed by atoms with E-state index in [1.165, 1.54) is 24.3 Å². The minimum absolute atomic E-state index is 0.133. The molecule has 0 fully saturated rings. The van der Waals surface area contributed by atoms with Crippen molar-refractivity contribution >= 4 is 5.97 Å². The SMILES string of the molecule is Cc1cc(F)ccc1-c1ccc(C(=O)[O-])cc1. The van der Waals surface area contributed by atoms with Gasteiger partial charge in [-0.2, -0.15) is 0 Å². The Morgan fingerprint density at radius 1 is 1.12 bits per heavy atom. The summed E-state index contributed by atoms with van der Waals surface area (Å²) in [6, 6.07) is 10.8. The molecule has 0 aliphatic rings. The van der Waals surface area contributed by atoms with Gasteiger partial charge in [-0.1, -0.05) is 30.3 Å². The number of aromatic carboxylic acids is 1. The normalized spacial score (nSPS) is 10.2. The zero-order valence-electron chi connectivity index (χ0n) is 9.24. The minimum atomic E-state index is -1.20. The van der Waals surface area contributed by atoms with Crippen molar-refractivity contribution in [3.8, 4) is 11.1 Å². The Morgan fingerprint density at radius 2 is 1.76 bits per heavy atom. The van der Waals surface area contributed by atoms with Crippen molar-refractivity contribution in [3.05, 3.63) is 59.4 Å². The molecule has 0 amide bonds. The van der Waals surface area contributed by atoms with E-state index in [9.17, 15) is 14.3 Å². The van der Waals surface area contributed by atoms with E-state index in [1.54, 1.807) is 18.2 Å². The molecular weight excluding hydrogens is 219 g/mol. The van der Waals surface area contributed by atoms with Gasteiger partial charge in [0.15, 0.2) is 0 Å². The molecule has 0 radical (unpaired) electrons. The number of aryl methyl sites for hydroxylation is 1. The van der Waals surface area contributed by atoms with E-state index in [0.29, 0.717) is 0 Å². The highest BCUT2D eigenvalue weighted by molar-refractivity contribution is 5.86. The topological polar surface area (TPSA) is 40.1 Å². The van der Waals surface area contributed by atoms with Crippen molar-refractivity contribution in [2.75, 3.05) is 0 Å². The number of carboxylic acids is 1. The molecule has 3 heteroatoms. The van der Waals surface area contributed by atoms with Crippen LogP contribution >= 0.6 is 0 Å². The molecule has 0 aliphatic carbocycles. The molecule has 2 nitrogen and oxygen atoms in total. The summed E-state index contributed by atoms with van der Waals surface area (Å²) in [6.07, 6.45) is 0. The highest BCUT2D eigenvalue weighted by Crippen LogP contribution is 2.24. The second kappa shape index (κ2) is 4.37. The first kappa shape index (κ1) is 11.3. The minimum Gasteiger partial charge on any atom is -0.545 e. The van der Waals surface area contributed by atoms with Crippen molar-refractivity contribution in [1.29, 1.82) is 0 Å². The first-order valence-electron chi connectivity index (χ1n) is 5.16. The van der Waals surface area contributed by atoms with Gasteiger partial charge >= 0.3 is 0 Å². The van der Waals surface area contributed by atoms with Crippen LogP contribution in [-0.4, -0.2) is 5.97 Å². The molecule has 2 rings (SSSR count). The molecule has 0 N–H and O–H groups in total. The second-order valence-corrected chi connectivity index (χ2v) is 3.82. The first-order chi connectivity index (χ1) is 8.08. The van der Waals surface area contributed by atoms with Gasteiger partial charge in [0.2, 0.25) is 0 Å². The Bertz CT molecular complexity index is 559. The molecular formula is C14H10FO2-. The van der Waals surface area contributed by atoms with E-state index >= 15 is 0 Å². The number of halogens is 1. The summed E-state index contributed by atoms with van der Waals surface area (Å²) in [5.74, 6) is -1.48. The van der Waals surface area contributed by atoms with Gasteiger partial charge in [-0.05, 0) is 41.3 Å². The zero-order chi connectivity index (χ0) is 12.4. The molecule has 0 saturated carbocycles. The first-order valence-corrected chi connectivity index (χ1v) is 5.16. The lowest BCUT2D eigenvalue weighted by molar-refractivity contribution is -0.255. The van der Waals surface area contributed by atoms with Crippen LogP contribution in [0.25, 0.3) is 11.1 Å². The Kier molecular flexibility index (Phi) is 2.91. The molecule has 2 aromatic carbocycles. The average Bonchev–Trinajstić information content (AvgIpc) is 2.29. The predicted octanol–water partition coefficient (Wildman–Crippen LogP) is 2.16. The lowest BCUT2D eigenvalue weighted by Gasteiger charge is -2.08. The van der Waals surface area contributed by atoms with Crippen molar-refractivity contribution in [2.24, 2.45) is 0 Å². The third-order valence-electron chi connectivity index (χ3n) is 2.62. The molecule has 0 unspecified atom stereocenters. The van der Waals surface area contributed by atoms with E-state index in [1.807, 2.05) is 6.92 Å². The number of rotatable bonds is 2. The Hall–Kier alpha value is -2.16. The lowest BCUT2D eigenvalue weighted by atomic mass is 9.99. The van der Waals surface area contributed by atoms with Gasteiger partial charge in [-0.15, -0.1) is 0 Å². The van der Waals surface area contributed by atoms with Crippen LogP contribution in [0.1, 0.15) is 15.9 Å². The number of carboxylic acid groups (broad SMARTS) is 1. The van der Waals surface area contributed by atoms with Crippen LogP contribution in [0, 0.1) is 12.7 Å². The fourth-order valence-electron chi connectivity index (χ4n) is 1.74. The highest BCUT2D eigenvalue weighted by atomic mass is 19.1. The maximum absolute atomic E-state index is 12.9. The molecule has 0 heterocycles. The number of carbonyl (C=O) groups is 1. The van der Waals surface area contributed by atoms with Crippen LogP contribution in [0.15, 0.2) is 42.5 Å². The average molecular weight is 229 g/mol. The summed E-state index contributed by atoms with van der Waals surface area (Å²) < 4.78 is 12.9. The third-order valence-corrected chi connectivity index (χ3v) is 2.62. The van der Waals surface area contributed by atoms with E-state index in [-0.39, 0.29) is 11.4 Å². The molecule has 0 atom stereocenters. The maximum atomic E-state index is 12.9. The maximum Gasteiger partial charge on any atom is 0.123 e. The van der Waals surface area contributed by atoms with Crippen molar-refractivity contribution in [3.63, 3.8) is 0 Å². The molecule has 0 spiro atoms. The van der Waals surface area contributed by atoms with Gasteiger partial charge in [0, 0.05) is 0 Å². The Morgan fingerprint density at radius 3 is 2.29 bits per heavy atom. The number of carbonyl (C=O) groups excluding carboxylic acids is 1. The molecule has 17 heavy (non-hydrogen) atoms. The standard InChI is InChI=1S/C14H11FO2/c1-9-8-12(15)6-7-13(9)10-2-4-11(5-3-10)14(16)17/h2-8H,1H3,(H,16,17)/p-1. The lowest BCUT2D eigenvalue weighted by Crippen LogP contribution is -2.21. The van der Waals surface area contributed by atoms with E-state index in [4.69, 9.17) is 0 Å². The number of benzene rings is 2. The fraction of sp³-hybridized carbons (Fsp3) is 0.0714. The van der Waals surface area contributed by atoms with Gasteiger partial charge in [-0.3, -0.25) is 0 Å². The predicted molar refractivity (Wildman–Crippen MR) is 60.9 cm³/mol. The Labute approximate surface area is 98.3 Å². The summed E-state index contributed by atoms with van der Waals surface area (Å²) in [7, 11) is 0. The summed E-state index contributed by atoms with van der Waals surface area (Å²) in [6.45, 7) is 1.81. The van der Waals surface area contributed by atoms with Crippen LogP contribution in [-0.2, 0) is 0 Å². The quantitative estimate of drug-likeness (QED) is 0.791. The van der Waals surface area contributed by atoms with Crippen LogP contribution in [0.3, 0.4) is 0 Å². The van der Waals surface area contributed by atoms with Crippen LogP contribution in [0.4, 0.5) is 4.39 Å². The van der Waals surface area contributed by atoms with Crippen molar-refractivity contribution < 1.29 is 14.3 Å². The van der Waals surface area contributed by atoms with Gasteiger partial charge < -0.3 is 9.90 Å². The molecule has 0 aliphatic heterocycles. The van der Waals surface area contributed by atoms with Crippen molar-refractivity contribution in [2.45, 2.75) is 6.92 Å². The number of hydrogen-bond donors (Lipinski definition) is 0. The summed E-state index contributed by atoms with van der Waals surface area (Å²) in [4.78, 5) is 10.6. The van der Waals surface area contributed by atoms with Gasteiger partial charge in [0.25, 0.3) is 0 Å². The van der Waals surface area contributed by atoms with Crippen LogP contribution < -0.4 is 5.11 Å². The molecule has 0 saturated heterocycles. The largest absolute Gasteiger partial charge is 0.545 e. The summed E-state index contributed by atoms with van der Waals surface area (Å²) in [5.41, 5.74) is 2.68. The van der Waals surface area contributed by atoms with Gasteiger partial charge in [0.05, 0.1) is 5.97 Å². The highest BCUT2D eigenvalue weighted by Gasteiger charge is 2.03. The Balaban J connectivity index is 2.43. The number of hydrogen-bond acceptors (Lipinski definition) is 2. The van der Waals surface area contributed by atoms with Crippen LogP contribution in [0.2, 0.25) is 0 Å². The van der Waals surface area contributed by atoms with E-state index < -0.39 is 5.97 Å². The van der Waals surface area contributed by atoms with Gasteiger partial charge in [0.1, 0.15) is 5.82 Å². The van der Waals surface area contributed by atoms with Crippen LogP contribution in [0.5, 0.6) is 0 Å². The monoisotopic (exact) mass is 229 g/mol. The summed E-state index contributed by atoms with van der Waals surface area (Å²) in [5, 5.41) is 10.6. The van der Waals surface area contributed by atoms with Crippen molar-refractivity contribution in [1.82, 2.24) is 0 Å². The van der Waals surface area contributed by atoms with E-state index in [2.05, 4.69) is 0 Å². The fourth-order valence-corrected chi connectivity index (χ4v) is 1.74. The molecule has 86 valence electrons. The molecule has 0 bridgehead atoms. The smallest absolute Gasteiger partial charge is 0.123 e. The van der Waals surface area contributed by atoms with E-state index in [0.717, 1.165) is 16.7 Å². The molecule has 2 aromatic rings. The molecule has 0 aromatic heterocycles. The zero-order valence-corrected chi connectivity index (χ0v) is 9.24. The summed E-state index contributed by atoms with van der Waals surface area (Å²) >= 11 is 0. The van der Waals surface area contributed by atoms with Gasteiger partial charge in [-0.25, -0.2) is 4.39 Å². The third kappa shape index (κ3) is 2.33. The second-order valence-electron chi connectivity index (χ2n) is 3.82.